The van der Waals surface area contributed by atoms with Crippen molar-refractivity contribution >= 4 is 11.6 Å². The number of amides is 1. The highest BCUT2D eigenvalue weighted by molar-refractivity contribution is 5.95. The van der Waals surface area contributed by atoms with Crippen molar-refractivity contribution in [3.63, 3.8) is 0 Å². The van der Waals surface area contributed by atoms with Gasteiger partial charge in [0.1, 0.15) is 0 Å². The van der Waals surface area contributed by atoms with Gasteiger partial charge in [0.15, 0.2) is 0 Å². The molecule has 1 heterocycles. The fraction of sp³-hybridized carbons (Fsp3) is 0.588. The van der Waals surface area contributed by atoms with E-state index in [0.717, 1.165) is 11.3 Å². The molecular weight excluding hydrogens is 280 g/mol. The van der Waals surface area contributed by atoms with Gasteiger partial charge in [-0.15, -0.1) is 0 Å². The Hall–Kier alpha value is -1.43. The van der Waals surface area contributed by atoms with Crippen LogP contribution in [0.25, 0.3) is 0 Å². The van der Waals surface area contributed by atoms with E-state index in [2.05, 4.69) is 0 Å². The summed E-state index contributed by atoms with van der Waals surface area (Å²) in [5, 5.41) is 10.4. The standard InChI is InChI=1S/C17H26N2O3/c1-17(2)12-19(16(21)11-18(3)4)14-8-6-5-7-13(14)15(20)9-10-22-17/h5-8,15,20H,9-12H2,1-4H3. The van der Waals surface area contributed by atoms with Gasteiger partial charge in [0.2, 0.25) is 5.91 Å². The van der Waals surface area contributed by atoms with E-state index in [1.807, 2.05) is 57.1 Å². The number of carbonyl (C=O) groups is 1. The van der Waals surface area contributed by atoms with Crippen molar-refractivity contribution in [1.82, 2.24) is 4.90 Å². The van der Waals surface area contributed by atoms with Crippen molar-refractivity contribution in [2.75, 3.05) is 38.7 Å². The maximum atomic E-state index is 12.7. The van der Waals surface area contributed by atoms with Crippen LogP contribution in [0.4, 0.5) is 5.69 Å². The Morgan fingerprint density at radius 3 is 2.77 bits per heavy atom. The summed E-state index contributed by atoms with van der Waals surface area (Å²) in [5.41, 5.74) is 1.11. The molecule has 22 heavy (non-hydrogen) atoms. The van der Waals surface area contributed by atoms with Crippen molar-refractivity contribution in [1.29, 1.82) is 0 Å². The first kappa shape index (κ1) is 16.9. The summed E-state index contributed by atoms with van der Waals surface area (Å²) in [6.45, 7) is 5.20. The second-order valence-electron chi connectivity index (χ2n) is 6.69. The molecule has 1 atom stereocenters. The molecule has 5 nitrogen and oxygen atoms in total. The molecule has 1 N–H and O–H groups in total. The van der Waals surface area contributed by atoms with Crippen LogP contribution >= 0.6 is 0 Å². The Morgan fingerprint density at radius 2 is 2.09 bits per heavy atom. The number of para-hydroxylation sites is 1. The van der Waals surface area contributed by atoms with Gasteiger partial charge in [0, 0.05) is 17.7 Å². The summed E-state index contributed by atoms with van der Waals surface area (Å²) in [5.74, 6) is 0.00299. The number of hydrogen-bond donors (Lipinski definition) is 1. The molecule has 1 unspecified atom stereocenters. The smallest absolute Gasteiger partial charge is 0.241 e. The highest BCUT2D eigenvalue weighted by Crippen LogP contribution is 2.32. The number of rotatable bonds is 2. The lowest BCUT2D eigenvalue weighted by Gasteiger charge is -2.33. The van der Waals surface area contributed by atoms with Gasteiger partial charge in [-0.05, 0) is 34.0 Å². The molecule has 1 aliphatic heterocycles. The van der Waals surface area contributed by atoms with Gasteiger partial charge >= 0.3 is 0 Å². The third-order valence-electron chi connectivity index (χ3n) is 3.76. The second-order valence-corrected chi connectivity index (χ2v) is 6.69. The molecule has 122 valence electrons. The van der Waals surface area contributed by atoms with E-state index in [1.165, 1.54) is 0 Å². The monoisotopic (exact) mass is 306 g/mol. The van der Waals surface area contributed by atoms with Crippen LogP contribution in [0.5, 0.6) is 0 Å². The lowest BCUT2D eigenvalue weighted by molar-refractivity contribution is -0.120. The first-order valence-electron chi connectivity index (χ1n) is 7.66. The molecule has 0 saturated heterocycles. The Kier molecular flexibility index (Phi) is 5.21. The molecule has 0 saturated carbocycles. The van der Waals surface area contributed by atoms with E-state index < -0.39 is 11.7 Å². The summed E-state index contributed by atoms with van der Waals surface area (Å²) in [4.78, 5) is 16.3. The number of benzene rings is 1. The lowest BCUT2D eigenvalue weighted by Crippen LogP contribution is -2.47. The molecule has 1 aliphatic rings. The third kappa shape index (κ3) is 4.06. The van der Waals surface area contributed by atoms with Crippen molar-refractivity contribution in [2.24, 2.45) is 0 Å². The van der Waals surface area contributed by atoms with Gasteiger partial charge in [0.25, 0.3) is 0 Å². The van der Waals surface area contributed by atoms with Crippen LogP contribution in [0.1, 0.15) is 31.9 Å². The number of carbonyl (C=O) groups excluding carboxylic acids is 1. The number of aliphatic hydroxyl groups is 1. The van der Waals surface area contributed by atoms with E-state index in [4.69, 9.17) is 4.74 Å². The van der Waals surface area contributed by atoms with Crippen LogP contribution in [0.15, 0.2) is 24.3 Å². The number of likely N-dealkylation sites (N-methyl/N-ethyl adjacent to an activating group) is 1. The Labute approximate surface area is 132 Å². The Balaban J connectivity index is 2.44. The zero-order chi connectivity index (χ0) is 16.3. The predicted octanol–water partition coefficient (Wildman–Crippen LogP) is 1.81. The fourth-order valence-corrected chi connectivity index (χ4v) is 2.71. The maximum Gasteiger partial charge on any atom is 0.241 e. The van der Waals surface area contributed by atoms with Gasteiger partial charge in [-0.3, -0.25) is 4.79 Å². The second kappa shape index (κ2) is 6.77. The number of fused-ring (bicyclic) bond motifs is 1. The van der Waals surface area contributed by atoms with E-state index in [1.54, 1.807) is 4.90 Å². The molecule has 1 amide bonds. The number of nitrogens with zero attached hydrogens (tertiary/aromatic N) is 2. The number of aliphatic hydroxyl groups excluding tert-OH is 1. The molecule has 0 fully saturated rings. The topological polar surface area (TPSA) is 53.0 Å². The number of anilines is 1. The van der Waals surface area contributed by atoms with Gasteiger partial charge in [0.05, 0.1) is 31.4 Å². The van der Waals surface area contributed by atoms with E-state index in [-0.39, 0.29) is 5.91 Å². The van der Waals surface area contributed by atoms with Crippen LogP contribution in [0.3, 0.4) is 0 Å². The zero-order valence-electron chi connectivity index (χ0n) is 13.9. The lowest BCUT2D eigenvalue weighted by atomic mass is 10.0. The quantitative estimate of drug-likeness (QED) is 0.905. The third-order valence-corrected chi connectivity index (χ3v) is 3.76. The average Bonchev–Trinajstić information content (AvgIpc) is 2.47. The van der Waals surface area contributed by atoms with Gasteiger partial charge in [-0.2, -0.15) is 0 Å². The van der Waals surface area contributed by atoms with Crippen molar-refractivity contribution < 1.29 is 14.6 Å². The van der Waals surface area contributed by atoms with Crippen molar-refractivity contribution in [3.8, 4) is 0 Å². The average molecular weight is 306 g/mol. The minimum absolute atomic E-state index is 0.00299. The molecular formula is C17H26N2O3. The summed E-state index contributed by atoms with van der Waals surface area (Å²) >= 11 is 0. The van der Waals surface area contributed by atoms with E-state index in [9.17, 15) is 9.90 Å². The first-order valence-corrected chi connectivity index (χ1v) is 7.66. The Morgan fingerprint density at radius 1 is 1.41 bits per heavy atom. The number of hydrogen-bond acceptors (Lipinski definition) is 4. The van der Waals surface area contributed by atoms with Gasteiger partial charge in [-0.25, -0.2) is 0 Å². The highest BCUT2D eigenvalue weighted by Gasteiger charge is 2.31. The van der Waals surface area contributed by atoms with Crippen LogP contribution in [0.2, 0.25) is 0 Å². The van der Waals surface area contributed by atoms with Gasteiger partial charge < -0.3 is 19.6 Å². The van der Waals surface area contributed by atoms with Crippen molar-refractivity contribution in [2.45, 2.75) is 32.0 Å². The SMILES string of the molecule is CN(C)CC(=O)N1CC(C)(C)OCCC(O)c2ccccc21. The molecule has 0 spiro atoms. The normalized spacial score (nSPS) is 21.7. The summed E-state index contributed by atoms with van der Waals surface area (Å²) in [7, 11) is 3.74. The highest BCUT2D eigenvalue weighted by atomic mass is 16.5. The molecule has 0 aliphatic carbocycles. The molecule has 0 aromatic heterocycles. The molecule has 1 aromatic rings. The molecule has 0 bridgehead atoms. The first-order chi connectivity index (χ1) is 10.3. The molecule has 2 rings (SSSR count). The maximum absolute atomic E-state index is 12.7. The zero-order valence-corrected chi connectivity index (χ0v) is 13.9. The summed E-state index contributed by atoms with van der Waals surface area (Å²) in [6, 6.07) is 7.57. The van der Waals surface area contributed by atoms with Crippen LogP contribution in [0, 0.1) is 0 Å². The minimum Gasteiger partial charge on any atom is -0.388 e. The largest absolute Gasteiger partial charge is 0.388 e. The minimum atomic E-state index is -0.625. The van der Waals surface area contributed by atoms with Crippen LogP contribution in [-0.2, 0) is 9.53 Å². The van der Waals surface area contributed by atoms with E-state index >= 15 is 0 Å². The van der Waals surface area contributed by atoms with Crippen LogP contribution in [-0.4, -0.2) is 55.3 Å². The van der Waals surface area contributed by atoms with Crippen LogP contribution < -0.4 is 4.90 Å². The summed E-state index contributed by atoms with van der Waals surface area (Å²) in [6.07, 6.45) is -0.101. The fourth-order valence-electron chi connectivity index (χ4n) is 2.71. The molecule has 0 radical (unpaired) electrons. The summed E-state index contributed by atoms with van der Waals surface area (Å²) < 4.78 is 5.87. The van der Waals surface area contributed by atoms with Crippen molar-refractivity contribution in [3.05, 3.63) is 29.8 Å². The number of ether oxygens (including phenoxy) is 1. The van der Waals surface area contributed by atoms with Gasteiger partial charge in [-0.1, -0.05) is 18.2 Å². The predicted molar refractivity (Wildman–Crippen MR) is 87.0 cm³/mol. The molecule has 1 aromatic carbocycles. The Bertz CT molecular complexity index is 528. The van der Waals surface area contributed by atoms with E-state index in [0.29, 0.717) is 26.1 Å². The molecule has 5 heteroatoms.